The van der Waals surface area contributed by atoms with Crippen molar-refractivity contribution < 1.29 is 9.53 Å². The van der Waals surface area contributed by atoms with Crippen LogP contribution in [0.5, 0.6) is 5.75 Å². The standard InChI is InChI=1S/C16H15N5O2/c1-23-14-6-4-13(5-7-14)21(11-12-3-2-8-17-9-12)16(22)15-10-18-20-19-15/h2-10H,11H2,1H3,(H,18,19,20). The molecule has 1 amide bonds. The summed E-state index contributed by atoms with van der Waals surface area (Å²) < 4.78 is 5.16. The van der Waals surface area contributed by atoms with Gasteiger partial charge in [0, 0.05) is 18.1 Å². The SMILES string of the molecule is COc1ccc(N(Cc2cccnc2)C(=O)c2cn[nH]n2)cc1. The van der Waals surface area contributed by atoms with Gasteiger partial charge in [0.2, 0.25) is 0 Å². The van der Waals surface area contributed by atoms with Crippen LogP contribution in [0.1, 0.15) is 16.1 Å². The number of methoxy groups -OCH3 is 1. The number of anilines is 1. The molecular weight excluding hydrogens is 294 g/mol. The zero-order valence-electron chi connectivity index (χ0n) is 12.5. The van der Waals surface area contributed by atoms with Gasteiger partial charge in [-0.25, -0.2) is 0 Å². The second-order valence-electron chi connectivity index (χ2n) is 4.81. The van der Waals surface area contributed by atoms with E-state index in [9.17, 15) is 4.79 Å². The molecule has 116 valence electrons. The predicted octanol–water partition coefficient (Wildman–Crippen LogP) is 2.06. The van der Waals surface area contributed by atoms with Crippen LogP contribution in [-0.4, -0.2) is 33.4 Å². The Kier molecular flexibility index (Phi) is 4.28. The maximum atomic E-state index is 12.7. The number of rotatable bonds is 5. The molecule has 0 aliphatic rings. The lowest BCUT2D eigenvalue weighted by atomic mass is 10.2. The molecule has 3 aromatic rings. The number of pyridine rings is 1. The van der Waals surface area contributed by atoms with Gasteiger partial charge in [-0.15, -0.1) is 0 Å². The lowest BCUT2D eigenvalue weighted by Crippen LogP contribution is -2.30. The fourth-order valence-corrected chi connectivity index (χ4v) is 2.16. The molecule has 1 N–H and O–H groups in total. The zero-order valence-corrected chi connectivity index (χ0v) is 12.5. The van der Waals surface area contributed by atoms with E-state index in [0.29, 0.717) is 6.54 Å². The van der Waals surface area contributed by atoms with Gasteiger partial charge >= 0.3 is 0 Å². The normalized spacial score (nSPS) is 10.3. The molecule has 0 bridgehead atoms. The van der Waals surface area contributed by atoms with E-state index in [-0.39, 0.29) is 11.6 Å². The first-order chi connectivity index (χ1) is 11.3. The molecule has 0 saturated heterocycles. The highest BCUT2D eigenvalue weighted by molar-refractivity contribution is 6.04. The van der Waals surface area contributed by atoms with Gasteiger partial charge < -0.3 is 9.64 Å². The molecule has 0 radical (unpaired) electrons. The average molecular weight is 309 g/mol. The van der Waals surface area contributed by atoms with E-state index in [2.05, 4.69) is 20.4 Å². The molecule has 0 atom stereocenters. The van der Waals surface area contributed by atoms with Crippen LogP contribution >= 0.6 is 0 Å². The number of nitrogens with one attached hydrogen (secondary N) is 1. The lowest BCUT2D eigenvalue weighted by Gasteiger charge is -2.22. The topological polar surface area (TPSA) is 84.0 Å². The van der Waals surface area contributed by atoms with Gasteiger partial charge in [0.25, 0.3) is 5.91 Å². The van der Waals surface area contributed by atoms with Crippen molar-refractivity contribution in [3.8, 4) is 5.75 Å². The summed E-state index contributed by atoms with van der Waals surface area (Å²) >= 11 is 0. The monoisotopic (exact) mass is 309 g/mol. The van der Waals surface area contributed by atoms with Crippen molar-refractivity contribution in [2.75, 3.05) is 12.0 Å². The Morgan fingerprint density at radius 2 is 2.04 bits per heavy atom. The quantitative estimate of drug-likeness (QED) is 0.780. The number of hydrogen-bond donors (Lipinski definition) is 1. The second-order valence-corrected chi connectivity index (χ2v) is 4.81. The van der Waals surface area contributed by atoms with Crippen LogP contribution in [0, 0.1) is 0 Å². The number of benzene rings is 1. The van der Waals surface area contributed by atoms with E-state index >= 15 is 0 Å². The van der Waals surface area contributed by atoms with Gasteiger partial charge in [-0.1, -0.05) is 6.07 Å². The molecular formula is C16H15N5O2. The molecule has 23 heavy (non-hydrogen) atoms. The van der Waals surface area contributed by atoms with Crippen molar-refractivity contribution in [1.29, 1.82) is 0 Å². The highest BCUT2D eigenvalue weighted by Crippen LogP contribution is 2.22. The van der Waals surface area contributed by atoms with Crippen molar-refractivity contribution in [2.45, 2.75) is 6.54 Å². The molecule has 2 heterocycles. The van der Waals surface area contributed by atoms with Crippen molar-refractivity contribution >= 4 is 11.6 Å². The Labute approximate surface area is 132 Å². The van der Waals surface area contributed by atoms with Gasteiger partial charge in [-0.05, 0) is 35.9 Å². The van der Waals surface area contributed by atoms with Gasteiger partial charge in [0.05, 0.1) is 19.9 Å². The molecule has 0 aliphatic heterocycles. The summed E-state index contributed by atoms with van der Waals surface area (Å²) in [6.07, 6.45) is 4.83. The Morgan fingerprint density at radius 3 is 2.65 bits per heavy atom. The second kappa shape index (κ2) is 6.69. The minimum absolute atomic E-state index is 0.243. The fraction of sp³-hybridized carbons (Fsp3) is 0.125. The van der Waals surface area contributed by atoms with Crippen LogP contribution in [0.25, 0.3) is 0 Å². The molecule has 0 spiro atoms. The van der Waals surface area contributed by atoms with Gasteiger partial charge in [0.15, 0.2) is 5.69 Å². The molecule has 0 saturated carbocycles. The molecule has 0 aliphatic carbocycles. The van der Waals surface area contributed by atoms with Gasteiger partial charge in [0.1, 0.15) is 5.75 Å². The van der Waals surface area contributed by atoms with Crippen molar-refractivity contribution in [1.82, 2.24) is 20.4 Å². The molecule has 7 heteroatoms. The van der Waals surface area contributed by atoms with Crippen molar-refractivity contribution in [3.05, 3.63) is 66.2 Å². The Bertz CT molecular complexity index is 757. The summed E-state index contributed by atoms with van der Waals surface area (Å²) in [5.74, 6) is 0.483. The predicted molar refractivity (Wildman–Crippen MR) is 84.1 cm³/mol. The Morgan fingerprint density at radius 1 is 1.22 bits per heavy atom. The smallest absolute Gasteiger partial charge is 0.280 e. The number of aromatic amines is 1. The molecule has 7 nitrogen and oxygen atoms in total. The average Bonchev–Trinajstić information content (AvgIpc) is 3.15. The first-order valence-corrected chi connectivity index (χ1v) is 6.98. The molecule has 3 rings (SSSR count). The van der Waals surface area contributed by atoms with Crippen molar-refractivity contribution in [2.24, 2.45) is 0 Å². The number of carbonyl (C=O) groups excluding carboxylic acids is 1. The van der Waals surface area contributed by atoms with E-state index in [0.717, 1.165) is 17.0 Å². The van der Waals surface area contributed by atoms with Crippen LogP contribution < -0.4 is 9.64 Å². The van der Waals surface area contributed by atoms with Crippen LogP contribution in [-0.2, 0) is 6.54 Å². The third-order valence-corrected chi connectivity index (χ3v) is 3.33. The first-order valence-electron chi connectivity index (χ1n) is 6.98. The summed E-state index contributed by atoms with van der Waals surface area (Å²) in [6, 6.07) is 11.0. The van der Waals surface area contributed by atoms with E-state index in [4.69, 9.17) is 4.74 Å². The highest BCUT2D eigenvalue weighted by Gasteiger charge is 2.20. The maximum Gasteiger partial charge on any atom is 0.280 e. The fourth-order valence-electron chi connectivity index (χ4n) is 2.16. The number of aromatic nitrogens is 4. The van der Waals surface area contributed by atoms with Gasteiger partial charge in [-0.2, -0.15) is 15.4 Å². The minimum atomic E-state index is -0.243. The number of ether oxygens (including phenoxy) is 1. The number of nitrogens with zero attached hydrogens (tertiary/aromatic N) is 4. The third-order valence-electron chi connectivity index (χ3n) is 3.33. The summed E-state index contributed by atoms with van der Waals surface area (Å²) in [5.41, 5.74) is 1.91. The van der Waals surface area contributed by atoms with E-state index in [1.165, 1.54) is 6.20 Å². The minimum Gasteiger partial charge on any atom is -0.497 e. The largest absolute Gasteiger partial charge is 0.497 e. The number of amides is 1. The Balaban J connectivity index is 1.93. The van der Waals surface area contributed by atoms with E-state index < -0.39 is 0 Å². The highest BCUT2D eigenvalue weighted by atomic mass is 16.5. The van der Waals surface area contributed by atoms with Crippen LogP contribution in [0.3, 0.4) is 0 Å². The zero-order chi connectivity index (χ0) is 16.1. The van der Waals surface area contributed by atoms with Crippen LogP contribution in [0.15, 0.2) is 55.0 Å². The molecule has 2 aromatic heterocycles. The summed E-state index contributed by atoms with van der Waals surface area (Å²) in [4.78, 5) is 18.4. The molecule has 0 fully saturated rings. The van der Waals surface area contributed by atoms with Crippen LogP contribution in [0.4, 0.5) is 5.69 Å². The maximum absolute atomic E-state index is 12.7. The van der Waals surface area contributed by atoms with Crippen molar-refractivity contribution in [3.63, 3.8) is 0 Å². The lowest BCUT2D eigenvalue weighted by molar-refractivity contribution is 0.0980. The van der Waals surface area contributed by atoms with Crippen LogP contribution in [0.2, 0.25) is 0 Å². The Hall–Kier alpha value is -3.22. The number of carbonyl (C=O) groups is 1. The molecule has 0 unspecified atom stereocenters. The van der Waals surface area contributed by atoms with E-state index in [1.54, 1.807) is 24.4 Å². The number of hydrogen-bond acceptors (Lipinski definition) is 5. The van der Waals surface area contributed by atoms with Gasteiger partial charge in [-0.3, -0.25) is 9.78 Å². The summed E-state index contributed by atoms with van der Waals surface area (Å²) in [7, 11) is 1.60. The summed E-state index contributed by atoms with van der Waals surface area (Å²) in [5, 5.41) is 10.0. The van der Waals surface area contributed by atoms with E-state index in [1.807, 2.05) is 36.4 Å². The third kappa shape index (κ3) is 3.34. The first kappa shape index (κ1) is 14.7. The summed E-state index contributed by atoms with van der Waals surface area (Å²) in [6.45, 7) is 0.381. The number of H-pyrrole nitrogens is 1. The molecule has 1 aromatic carbocycles.